The Kier molecular flexibility index (Phi) is 8.89. The van der Waals surface area contributed by atoms with Crippen molar-refractivity contribution in [2.45, 2.75) is 45.6 Å². The van der Waals surface area contributed by atoms with Crippen molar-refractivity contribution in [3.8, 4) is 0 Å². The molecule has 0 aromatic rings. The van der Waals surface area contributed by atoms with Crippen LogP contribution in [-0.4, -0.2) is 89.9 Å². The summed E-state index contributed by atoms with van der Waals surface area (Å²) in [6, 6.07) is -0.735. The van der Waals surface area contributed by atoms with Crippen molar-refractivity contribution < 1.29 is 14.4 Å². The minimum atomic E-state index is -0.535. The Labute approximate surface area is 167 Å². The van der Waals surface area contributed by atoms with Gasteiger partial charge in [-0.1, -0.05) is 31.0 Å². The van der Waals surface area contributed by atoms with E-state index in [1.54, 1.807) is 18.7 Å². The summed E-state index contributed by atoms with van der Waals surface area (Å²) in [5.74, 6) is 1.28. The van der Waals surface area contributed by atoms with Gasteiger partial charge in [0.2, 0.25) is 5.91 Å². The van der Waals surface area contributed by atoms with Crippen molar-refractivity contribution in [1.82, 2.24) is 20.0 Å². The zero-order valence-electron chi connectivity index (χ0n) is 16.9. The molecular formula is C19H34N4O3S. The molecule has 1 heterocycles. The molecule has 1 unspecified atom stereocenters. The number of rotatable bonds is 8. The molecule has 2 fully saturated rings. The number of hydrogen-bond donors (Lipinski definition) is 1. The van der Waals surface area contributed by atoms with Crippen LogP contribution in [0.15, 0.2) is 0 Å². The minimum absolute atomic E-state index is 0.0199. The van der Waals surface area contributed by atoms with Crippen LogP contribution in [0.5, 0.6) is 0 Å². The average molecular weight is 399 g/mol. The van der Waals surface area contributed by atoms with E-state index in [2.05, 4.69) is 10.2 Å². The van der Waals surface area contributed by atoms with Gasteiger partial charge in [-0.25, -0.2) is 4.79 Å². The van der Waals surface area contributed by atoms with E-state index in [1.807, 2.05) is 11.9 Å². The molecule has 0 aromatic heterocycles. The number of thioether (sulfide) groups is 1. The maximum atomic E-state index is 12.7. The van der Waals surface area contributed by atoms with E-state index in [9.17, 15) is 14.4 Å². The Bertz CT molecular complexity index is 519. The molecule has 0 bridgehead atoms. The van der Waals surface area contributed by atoms with Gasteiger partial charge in [0, 0.05) is 51.9 Å². The topological polar surface area (TPSA) is 73.0 Å². The van der Waals surface area contributed by atoms with Crippen LogP contribution in [0.3, 0.4) is 0 Å². The molecule has 27 heavy (non-hydrogen) atoms. The molecule has 2 rings (SSSR count). The lowest BCUT2D eigenvalue weighted by Gasteiger charge is -2.34. The molecule has 1 saturated heterocycles. The van der Waals surface area contributed by atoms with Crippen molar-refractivity contribution >= 4 is 28.8 Å². The molecule has 1 aliphatic heterocycles. The van der Waals surface area contributed by atoms with E-state index in [1.165, 1.54) is 31.0 Å². The fraction of sp³-hybridized carbons (Fsp3) is 0.842. The van der Waals surface area contributed by atoms with E-state index in [0.29, 0.717) is 37.8 Å². The van der Waals surface area contributed by atoms with Gasteiger partial charge in [-0.05, 0) is 26.3 Å². The predicted molar refractivity (Wildman–Crippen MR) is 109 cm³/mol. The summed E-state index contributed by atoms with van der Waals surface area (Å²) < 4.78 is 0. The Morgan fingerprint density at radius 1 is 1.15 bits per heavy atom. The van der Waals surface area contributed by atoms with Gasteiger partial charge in [-0.3, -0.25) is 9.59 Å². The Balaban J connectivity index is 1.83. The van der Waals surface area contributed by atoms with Crippen molar-refractivity contribution in [2.24, 2.45) is 5.92 Å². The fourth-order valence-electron chi connectivity index (χ4n) is 3.37. The summed E-state index contributed by atoms with van der Waals surface area (Å²) in [6.45, 7) is 7.65. The largest absolute Gasteiger partial charge is 0.338 e. The Hall–Kier alpha value is -1.28. The van der Waals surface area contributed by atoms with Crippen LogP contribution in [0.4, 0.5) is 4.79 Å². The van der Waals surface area contributed by atoms with E-state index in [-0.39, 0.29) is 17.1 Å². The number of nitrogens with zero attached hydrogens (tertiary/aromatic N) is 3. The zero-order chi connectivity index (χ0) is 19.8. The van der Waals surface area contributed by atoms with E-state index in [4.69, 9.17) is 0 Å². The highest BCUT2D eigenvalue weighted by Crippen LogP contribution is 2.29. The van der Waals surface area contributed by atoms with Crippen molar-refractivity contribution in [1.29, 1.82) is 0 Å². The molecule has 2 aliphatic rings. The lowest BCUT2D eigenvalue weighted by Crippen LogP contribution is -2.55. The normalized spacial score (nSPS) is 19.3. The second-order valence-electron chi connectivity index (χ2n) is 7.71. The second-order valence-corrected chi connectivity index (χ2v) is 8.98. The predicted octanol–water partition coefficient (Wildman–Crippen LogP) is 1.63. The first-order chi connectivity index (χ1) is 12.9. The maximum absolute atomic E-state index is 12.7. The lowest BCUT2D eigenvalue weighted by atomic mass is 9.83. The SMILES string of the molecule is CC(=O)SCCN(CCC1CCC1)C(=O)NC(C)C(=O)N1CCN(C)CC1. The summed E-state index contributed by atoms with van der Waals surface area (Å²) in [6.07, 6.45) is 4.78. The fourth-order valence-corrected chi connectivity index (χ4v) is 3.97. The van der Waals surface area contributed by atoms with E-state index < -0.39 is 6.04 Å². The van der Waals surface area contributed by atoms with Gasteiger partial charge in [0.15, 0.2) is 5.12 Å². The molecule has 8 heteroatoms. The van der Waals surface area contributed by atoms with Crippen molar-refractivity contribution in [3.05, 3.63) is 0 Å². The molecule has 0 spiro atoms. The van der Waals surface area contributed by atoms with Crippen molar-refractivity contribution in [2.75, 3.05) is 52.1 Å². The number of hydrogen-bond acceptors (Lipinski definition) is 5. The average Bonchev–Trinajstić information content (AvgIpc) is 2.58. The standard InChI is InChI=1S/C19H34N4O3S/c1-15(18(25)22-11-9-21(3)10-12-22)20-19(26)23(13-14-27-16(2)24)8-7-17-5-4-6-17/h15,17H,4-14H2,1-3H3,(H,20,26). The van der Waals surface area contributed by atoms with Crippen LogP contribution >= 0.6 is 11.8 Å². The van der Waals surface area contributed by atoms with Gasteiger partial charge in [-0.2, -0.15) is 0 Å². The van der Waals surface area contributed by atoms with Crippen LogP contribution in [0.1, 0.15) is 39.5 Å². The number of piperazine rings is 1. The van der Waals surface area contributed by atoms with Crippen LogP contribution in [-0.2, 0) is 9.59 Å². The molecule has 3 amide bonds. The van der Waals surface area contributed by atoms with Crippen LogP contribution in [0.2, 0.25) is 0 Å². The molecule has 1 aliphatic carbocycles. The summed E-state index contributed by atoms with van der Waals surface area (Å²) in [4.78, 5) is 42.3. The lowest BCUT2D eigenvalue weighted by molar-refractivity contribution is -0.134. The first kappa shape index (κ1) is 22.0. The molecular weight excluding hydrogens is 364 g/mol. The first-order valence-electron chi connectivity index (χ1n) is 10.0. The molecule has 0 radical (unpaired) electrons. The third-order valence-corrected chi connectivity index (χ3v) is 6.30. The van der Waals surface area contributed by atoms with Gasteiger partial charge < -0.3 is 20.0 Å². The van der Waals surface area contributed by atoms with Crippen LogP contribution in [0.25, 0.3) is 0 Å². The smallest absolute Gasteiger partial charge is 0.318 e. The number of urea groups is 1. The molecule has 1 atom stereocenters. The monoisotopic (exact) mass is 398 g/mol. The van der Waals surface area contributed by atoms with Gasteiger partial charge in [0.05, 0.1) is 0 Å². The summed E-state index contributed by atoms with van der Waals surface area (Å²) in [5, 5.41) is 2.94. The molecule has 1 saturated carbocycles. The summed E-state index contributed by atoms with van der Waals surface area (Å²) in [5.41, 5.74) is 0. The molecule has 0 aromatic carbocycles. The first-order valence-corrected chi connectivity index (χ1v) is 11.0. The van der Waals surface area contributed by atoms with Gasteiger partial charge >= 0.3 is 6.03 Å². The maximum Gasteiger partial charge on any atom is 0.318 e. The Morgan fingerprint density at radius 2 is 1.81 bits per heavy atom. The number of carbonyl (C=O) groups excluding carboxylic acids is 3. The van der Waals surface area contributed by atoms with Gasteiger partial charge in [-0.15, -0.1) is 0 Å². The third-order valence-electron chi connectivity index (χ3n) is 5.51. The summed E-state index contributed by atoms with van der Waals surface area (Å²) in [7, 11) is 2.05. The Morgan fingerprint density at radius 3 is 2.37 bits per heavy atom. The molecule has 1 N–H and O–H groups in total. The second kappa shape index (κ2) is 10.9. The van der Waals surface area contributed by atoms with Crippen molar-refractivity contribution in [3.63, 3.8) is 0 Å². The highest BCUT2D eigenvalue weighted by Gasteiger charge is 2.27. The van der Waals surface area contributed by atoms with E-state index >= 15 is 0 Å². The van der Waals surface area contributed by atoms with Gasteiger partial charge in [0.1, 0.15) is 6.04 Å². The highest BCUT2D eigenvalue weighted by atomic mass is 32.2. The number of carbonyl (C=O) groups is 3. The van der Waals surface area contributed by atoms with E-state index in [0.717, 1.165) is 19.5 Å². The number of likely N-dealkylation sites (N-methyl/N-ethyl adjacent to an activating group) is 1. The highest BCUT2D eigenvalue weighted by molar-refractivity contribution is 8.13. The third kappa shape index (κ3) is 7.33. The van der Waals surface area contributed by atoms with Crippen LogP contribution in [0, 0.1) is 5.92 Å². The minimum Gasteiger partial charge on any atom is -0.338 e. The number of amides is 3. The quantitative estimate of drug-likeness (QED) is 0.673. The molecule has 154 valence electrons. The van der Waals surface area contributed by atoms with Gasteiger partial charge in [0.25, 0.3) is 0 Å². The zero-order valence-corrected chi connectivity index (χ0v) is 17.7. The summed E-state index contributed by atoms with van der Waals surface area (Å²) >= 11 is 1.24. The number of nitrogens with one attached hydrogen (secondary N) is 1. The van der Waals surface area contributed by atoms with Crippen LogP contribution < -0.4 is 5.32 Å². The molecule has 7 nitrogen and oxygen atoms in total.